The Kier molecular flexibility index (Phi) is 5.58. The van der Waals surface area contributed by atoms with Gasteiger partial charge in [-0.05, 0) is 23.3 Å². The van der Waals surface area contributed by atoms with Gasteiger partial charge in [0, 0.05) is 23.1 Å². The van der Waals surface area contributed by atoms with Gasteiger partial charge >= 0.3 is 0 Å². The van der Waals surface area contributed by atoms with Crippen molar-refractivity contribution in [2.75, 3.05) is 16.4 Å². The molecule has 4 N–H and O–H groups in total. The van der Waals surface area contributed by atoms with Crippen LogP contribution in [-0.4, -0.2) is 9.97 Å². The number of hydrogen-bond donors (Lipinski definition) is 3. The minimum atomic E-state index is 0.446. The minimum Gasteiger partial charge on any atom is -0.393 e. The van der Waals surface area contributed by atoms with Crippen molar-refractivity contribution in [3.63, 3.8) is 0 Å². The van der Waals surface area contributed by atoms with Crippen molar-refractivity contribution >= 4 is 40.5 Å². The molecule has 3 aromatic rings. The first-order valence-electron chi connectivity index (χ1n) is 7.70. The summed E-state index contributed by atoms with van der Waals surface area (Å²) in [4.78, 5) is 8.40. The number of hydrogen-bond acceptors (Lipinski definition) is 5. The van der Waals surface area contributed by atoms with Crippen molar-refractivity contribution in [2.24, 2.45) is 0 Å². The lowest BCUT2D eigenvalue weighted by Crippen LogP contribution is -2.10. The van der Waals surface area contributed by atoms with Gasteiger partial charge in [0.2, 0.25) is 0 Å². The van der Waals surface area contributed by atoms with Gasteiger partial charge in [0.05, 0.1) is 0 Å². The second-order valence-electron chi connectivity index (χ2n) is 5.37. The van der Waals surface area contributed by atoms with Crippen molar-refractivity contribution in [3.8, 4) is 0 Å². The summed E-state index contributed by atoms with van der Waals surface area (Å²) in [5.41, 5.74) is 8.55. The molecule has 0 radical (unpaired) electrons. The Labute approximate surface area is 156 Å². The van der Waals surface area contributed by atoms with E-state index in [0.717, 1.165) is 11.1 Å². The summed E-state index contributed by atoms with van der Waals surface area (Å²) < 4.78 is 0. The van der Waals surface area contributed by atoms with E-state index in [2.05, 4.69) is 20.6 Å². The zero-order valence-corrected chi connectivity index (χ0v) is 14.8. The maximum atomic E-state index is 6.17. The third-order valence-electron chi connectivity index (χ3n) is 3.69. The second kappa shape index (κ2) is 8.05. The molecule has 128 valence electrons. The predicted octanol–water partition coefficient (Wildman–Crippen LogP) is 4.59. The molecular formula is C18H17Cl2N5. The summed E-state index contributed by atoms with van der Waals surface area (Å²) in [7, 11) is 0. The molecule has 5 nitrogen and oxygen atoms in total. The van der Waals surface area contributed by atoms with E-state index < -0.39 is 0 Å². The minimum absolute atomic E-state index is 0.446. The third-order valence-corrected chi connectivity index (χ3v) is 4.43. The molecule has 3 rings (SSSR count). The van der Waals surface area contributed by atoms with Gasteiger partial charge in [0.25, 0.3) is 0 Å². The third kappa shape index (κ3) is 4.32. The van der Waals surface area contributed by atoms with Crippen LogP contribution in [0.1, 0.15) is 11.1 Å². The van der Waals surface area contributed by atoms with Gasteiger partial charge in [0.15, 0.2) is 11.6 Å². The van der Waals surface area contributed by atoms with E-state index in [1.54, 1.807) is 0 Å². The van der Waals surface area contributed by atoms with Gasteiger partial charge in [-0.1, -0.05) is 59.6 Å². The van der Waals surface area contributed by atoms with Crippen LogP contribution in [0.3, 0.4) is 0 Å². The normalized spacial score (nSPS) is 10.5. The Hall–Kier alpha value is -2.50. The molecule has 25 heavy (non-hydrogen) atoms. The van der Waals surface area contributed by atoms with Crippen molar-refractivity contribution in [1.82, 2.24) is 9.97 Å². The molecule has 0 spiro atoms. The smallest absolute Gasteiger partial charge is 0.155 e. The Morgan fingerprint density at radius 2 is 1.20 bits per heavy atom. The van der Waals surface area contributed by atoms with E-state index in [-0.39, 0.29) is 0 Å². The average Bonchev–Trinajstić information content (AvgIpc) is 2.62. The molecule has 0 aliphatic rings. The summed E-state index contributed by atoms with van der Waals surface area (Å²) >= 11 is 12.3. The average molecular weight is 374 g/mol. The molecule has 7 heteroatoms. The highest BCUT2D eigenvalue weighted by Crippen LogP contribution is 2.25. The maximum Gasteiger partial charge on any atom is 0.155 e. The van der Waals surface area contributed by atoms with Gasteiger partial charge in [0.1, 0.15) is 12.0 Å². The highest BCUT2D eigenvalue weighted by molar-refractivity contribution is 6.31. The van der Waals surface area contributed by atoms with E-state index in [4.69, 9.17) is 28.9 Å². The number of nitrogens with two attached hydrogens (primary N) is 1. The fourth-order valence-corrected chi connectivity index (χ4v) is 2.72. The van der Waals surface area contributed by atoms with Crippen LogP contribution in [0.15, 0.2) is 54.9 Å². The van der Waals surface area contributed by atoms with Crippen LogP contribution in [0.2, 0.25) is 10.0 Å². The Balaban J connectivity index is 1.69. The molecule has 0 atom stereocenters. The number of nitrogens with one attached hydrogen (secondary N) is 2. The van der Waals surface area contributed by atoms with Crippen LogP contribution in [0, 0.1) is 0 Å². The number of benzene rings is 2. The van der Waals surface area contributed by atoms with E-state index in [9.17, 15) is 0 Å². The number of aromatic nitrogens is 2. The van der Waals surface area contributed by atoms with Crippen molar-refractivity contribution in [3.05, 3.63) is 76.0 Å². The quantitative estimate of drug-likeness (QED) is 0.588. The van der Waals surface area contributed by atoms with Crippen molar-refractivity contribution in [1.29, 1.82) is 0 Å². The zero-order chi connectivity index (χ0) is 17.6. The predicted molar refractivity (Wildman–Crippen MR) is 104 cm³/mol. The topological polar surface area (TPSA) is 75.9 Å². The maximum absolute atomic E-state index is 6.17. The molecule has 0 bridgehead atoms. The lowest BCUT2D eigenvalue weighted by Gasteiger charge is -2.13. The fourth-order valence-electron chi connectivity index (χ4n) is 2.32. The fraction of sp³-hybridized carbons (Fsp3) is 0.111. The summed E-state index contributed by atoms with van der Waals surface area (Å²) in [6.45, 7) is 1.04. The van der Waals surface area contributed by atoms with Crippen LogP contribution >= 0.6 is 23.2 Å². The second-order valence-corrected chi connectivity index (χ2v) is 6.19. The molecule has 0 unspecified atom stereocenters. The lowest BCUT2D eigenvalue weighted by atomic mass is 10.2. The number of nitrogens with zero attached hydrogens (tertiary/aromatic N) is 2. The molecule has 2 aromatic carbocycles. The van der Waals surface area contributed by atoms with Crippen LogP contribution in [0.4, 0.5) is 17.3 Å². The summed E-state index contributed by atoms with van der Waals surface area (Å²) in [5, 5.41) is 7.78. The van der Waals surface area contributed by atoms with Gasteiger partial charge in [-0.2, -0.15) is 0 Å². The number of anilines is 3. The number of rotatable bonds is 6. The molecular weight excluding hydrogens is 357 g/mol. The highest BCUT2D eigenvalue weighted by atomic mass is 35.5. The van der Waals surface area contributed by atoms with Gasteiger partial charge in [-0.3, -0.25) is 0 Å². The highest BCUT2D eigenvalue weighted by Gasteiger charge is 2.09. The Morgan fingerprint density at radius 3 is 1.64 bits per heavy atom. The van der Waals surface area contributed by atoms with Crippen LogP contribution in [0.5, 0.6) is 0 Å². The standard InChI is InChI=1S/C18H17Cl2N5/c19-14-7-3-1-5-12(14)9-22-17-16(21)18(25-11-24-17)23-10-13-6-2-4-8-15(13)20/h1-8,11H,9-10,21H2,(H2,22,23,24,25). The van der Waals surface area contributed by atoms with E-state index >= 15 is 0 Å². The van der Waals surface area contributed by atoms with Gasteiger partial charge in [-0.25, -0.2) is 9.97 Å². The van der Waals surface area contributed by atoms with Crippen LogP contribution in [0.25, 0.3) is 0 Å². The summed E-state index contributed by atoms with van der Waals surface area (Å²) in [5.74, 6) is 1.10. The number of nitrogen functional groups attached to an aromatic ring is 1. The molecule has 0 fully saturated rings. The molecule has 0 saturated carbocycles. The summed E-state index contributed by atoms with van der Waals surface area (Å²) in [6.07, 6.45) is 1.46. The molecule has 0 aliphatic heterocycles. The molecule has 0 amide bonds. The monoisotopic (exact) mass is 373 g/mol. The van der Waals surface area contributed by atoms with E-state index in [0.29, 0.717) is 40.5 Å². The first kappa shape index (κ1) is 17.3. The SMILES string of the molecule is Nc1c(NCc2ccccc2Cl)ncnc1NCc1ccccc1Cl. The Morgan fingerprint density at radius 1 is 0.760 bits per heavy atom. The van der Waals surface area contributed by atoms with Crippen LogP contribution in [-0.2, 0) is 13.1 Å². The lowest BCUT2D eigenvalue weighted by molar-refractivity contribution is 1.06. The molecule has 0 saturated heterocycles. The molecule has 1 aromatic heterocycles. The van der Waals surface area contributed by atoms with E-state index in [1.807, 2.05) is 48.5 Å². The first-order chi connectivity index (χ1) is 12.1. The molecule has 0 aliphatic carbocycles. The first-order valence-corrected chi connectivity index (χ1v) is 8.46. The molecule has 1 heterocycles. The Bertz CT molecular complexity index is 802. The zero-order valence-electron chi connectivity index (χ0n) is 13.3. The largest absolute Gasteiger partial charge is 0.393 e. The van der Waals surface area contributed by atoms with Crippen LogP contribution < -0.4 is 16.4 Å². The number of halogens is 2. The van der Waals surface area contributed by atoms with Crippen molar-refractivity contribution < 1.29 is 0 Å². The van der Waals surface area contributed by atoms with Gasteiger partial charge < -0.3 is 16.4 Å². The van der Waals surface area contributed by atoms with Gasteiger partial charge in [-0.15, -0.1) is 0 Å². The summed E-state index contributed by atoms with van der Waals surface area (Å²) in [6, 6.07) is 15.2. The van der Waals surface area contributed by atoms with Crippen molar-refractivity contribution in [2.45, 2.75) is 13.1 Å². The van der Waals surface area contributed by atoms with E-state index in [1.165, 1.54) is 6.33 Å².